The summed E-state index contributed by atoms with van der Waals surface area (Å²) >= 11 is 0. The highest BCUT2D eigenvalue weighted by Crippen LogP contribution is 2.18. The Morgan fingerprint density at radius 2 is 0.762 bits per heavy atom. The predicted octanol–water partition coefficient (Wildman–Crippen LogP) is 17.1. The zero-order valence-corrected chi connectivity index (χ0v) is 42.5. The standard InChI is InChI=1S/C57H109NO5/c1-4-7-10-13-16-19-22-25-28-29-32-35-38-41-44-47-50-57(62)63-53(48-45-42-39-36-33-30-26-23-20-17-14-11-8-5-2)51-56(61)58-54(52-59)55(60)49-46-43-40-37-34-31-27-24-21-18-15-12-9-6-3/h28-30,33,53-55,59-60H,4-27,31-32,34-52H2,1-3H3,(H,58,61)/b29-28+,33-30+. The van der Waals surface area contributed by atoms with Gasteiger partial charge in [-0.3, -0.25) is 9.59 Å². The fraction of sp³-hybridized carbons (Fsp3) is 0.895. The SMILES string of the molecule is CCCCCCCCC/C=C/CCCCCCCC(=O)OC(CCCCC/C=C/CCCCCCCCC)CC(=O)NC(CO)C(O)CCCCCCCCCCCCCCCC. The molecular weight excluding hydrogens is 779 g/mol. The highest BCUT2D eigenvalue weighted by molar-refractivity contribution is 5.77. The van der Waals surface area contributed by atoms with Gasteiger partial charge in [0, 0.05) is 6.42 Å². The molecule has 0 aliphatic heterocycles. The Labute approximate surface area is 392 Å². The van der Waals surface area contributed by atoms with Gasteiger partial charge in [-0.2, -0.15) is 0 Å². The minimum atomic E-state index is -0.790. The second-order valence-electron chi connectivity index (χ2n) is 19.3. The molecule has 3 N–H and O–H groups in total. The Morgan fingerprint density at radius 3 is 1.14 bits per heavy atom. The Bertz CT molecular complexity index is 997. The second kappa shape index (κ2) is 51.3. The Morgan fingerprint density at radius 1 is 0.444 bits per heavy atom. The van der Waals surface area contributed by atoms with Crippen molar-refractivity contribution in [2.75, 3.05) is 6.61 Å². The number of hydrogen-bond acceptors (Lipinski definition) is 5. The van der Waals surface area contributed by atoms with Crippen LogP contribution in [-0.4, -0.2) is 46.9 Å². The van der Waals surface area contributed by atoms with E-state index >= 15 is 0 Å². The number of esters is 1. The van der Waals surface area contributed by atoms with Crippen molar-refractivity contribution >= 4 is 11.9 Å². The lowest BCUT2D eigenvalue weighted by Crippen LogP contribution is -2.46. The average molecular weight is 889 g/mol. The summed E-state index contributed by atoms with van der Waals surface area (Å²) in [5, 5.41) is 23.8. The number of amides is 1. The first kappa shape index (κ1) is 61.3. The fourth-order valence-electron chi connectivity index (χ4n) is 8.72. The number of allylic oxidation sites excluding steroid dienone is 4. The molecule has 0 spiro atoms. The molecule has 0 aromatic heterocycles. The lowest BCUT2D eigenvalue weighted by molar-refractivity contribution is -0.151. The number of nitrogens with one attached hydrogen (secondary N) is 1. The Kier molecular flexibility index (Phi) is 50.0. The number of rotatable bonds is 51. The van der Waals surface area contributed by atoms with E-state index in [9.17, 15) is 19.8 Å². The van der Waals surface area contributed by atoms with Crippen LogP contribution in [-0.2, 0) is 14.3 Å². The maximum absolute atomic E-state index is 13.2. The van der Waals surface area contributed by atoms with E-state index in [1.165, 1.54) is 193 Å². The zero-order chi connectivity index (χ0) is 45.9. The average Bonchev–Trinajstić information content (AvgIpc) is 3.28. The first-order valence-corrected chi connectivity index (χ1v) is 28.1. The van der Waals surface area contributed by atoms with Crippen molar-refractivity contribution < 1.29 is 24.5 Å². The van der Waals surface area contributed by atoms with Crippen LogP contribution in [0, 0.1) is 0 Å². The van der Waals surface area contributed by atoms with Crippen LogP contribution >= 0.6 is 0 Å². The van der Waals surface area contributed by atoms with Gasteiger partial charge >= 0.3 is 5.97 Å². The molecule has 0 fully saturated rings. The van der Waals surface area contributed by atoms with Crippen LogP contribution in [0.25, 0.3) is 0 Å². The van der Waals surface area contributed by atoms with E-state index in [4.69, 9.17) is 4.74 Å². The number of unbranched alkanes of at least 4 members (excludes halogenated alkanes) is 35. The van der Waals surface area contributed by atoms with Crippen LogP contribution in [0.1, 0.15) is 303 Å². The third kappa shape index (κ3) is 46.7. The van der Waals surface area contributed by atoms with Gasteiger partial charge in [-0.25, -0.2) is 0 Å². The van der Waals surface area contributed by atoms with Gasteiger partial charge in [0.15, 0.2) is 0 Å². The van der Waals surface area contributed by atoms with Crippen LogP contribution in [0.4, 0.5) is 0 Å². The van der Waals surface area contributed by atoms with E-state index in [1.54, 1.807) is 0 Å². The van der Waals surface area contributed by atoms with Crippen LogP contribution < -0.4 is 5.32 Å². The number of carbonyl (C=O) groups excluding carboxylic acids is 2. The van der Waals surface area contributed by atoms with Crippen molar-refractivity contribution in [1.29, 1.82) is 0 Å². The number of hydrogen-bond donors (Lipinski definition) is 3. The summed E-state index contributed by atoms with van der Waals surface area (Å²) in [5.74, 6) is -0.484. The minimum Gasteiger partial charge on any atom is -0.462 e. The number of aliphatic hydroxyl groups excluding tert-OH is 2. The Balaban J connectivity index is 4.56. The second-order valence-corrected chi connectivity index (χ2v) is 19.3. The highest BCUT2D eigenvalue weighted by Gasteiger charge is 2.24. The summed E-state index contributed by atoms with van der Waals surface area (Å²) < 4.78 is 5.94. The van der Waals surface area contributed by atoms with Crippen molar-refractivity contribution in [3.05, 3.63) is 24.3 Å². The molecule has 0 rings (SSSR count). The Hall–Kier alpha value is -1.66. The molecule has 0 saturated carbocycles. The fourth-order valence-corrected chi connectivity index (χ4v) is 8.72. The molecule has 6 nitrogen and oxygen atoms in total. The summed E-state index contributed by atoms with van der Waals surface area (Å²) in [5.41, 5.74) is 0. The monoisotopic (exact) mass is 888 g/mol. The van der Waals surface area contributed by atoms with E-state index in [0.717, 1.165) is 64.2 Å². The number of aliphatic hydroxyl groups is 2. The molecule has 0 bridgehead atoms. The van der Waals surface area contributed by atoms with E-state index in [1.807, 2.05) is 0 Å². The maximum Gasteiger partial charge on any atom is 0.306 e. The normalized spacial score (nSPS) is 13.3. The molecule has 0 aromatic carbocycles. The van der Waals surface area contributed by atoms with Gasteiger partial charge in [0.2, 0.25) is 5.91 Å². The zero-order valence-electron chi connectivity index (χ0n) is 42.5. The molecule has 0 heterocycles. The third-order valence-electron chi connectivity index (χ3n) is 13.0. The van der Waals surface area contributed by atoms with Gasteiger partial charge < -0.3 is 20.3 Å². The third-order valence-corrected chi connectivity index (χ3v) is 13.0. The van der Waals surface area contributed by atoms with E-state index < -0.39 is 18.2 Å². The molecular formula is C57H109NO5. The van der Waals surface area contributed by atoms with E-state index in [0.29, 0.717) is 19.3 Å². The van der Waals surface area contributed by atoms with Crippen molar-refractivity contribution in [3.63, 3.8) is 0 Å². The summed E-state index contributed by atoms with van der Waals surface area (Å²) in [6, 6.07) is -0.704. The summed E-state index contributed by atoms with van der Waals surface area (Å²) in [4.78, 5) is 26.2. The molecule has 63 heavy (non-hydrogen) atoms. The lowest BCUT2D eigenvalue weighted by Gasteiger charge is -2.24. The van der Waals surface area contributed by atoms with Crippen molar-refractivity contribution in [3.8, 4) is 0 Å². The first-order valence-electron chi connectivity index (χ1n) is 28.1. The lowest BCUT2D eigenvalue weighted by atomic mass is 10.0. The van der Waals surface area contributed by atoms with Gasteiger partial charge in [0.1, 0.15) is 6.10 Å². The molecule has 1 amide bonds. The first-order chi connectivity index (χ1) is 31.0. The van der Waals surface area contributed by atoms with Crippen LogP contribution in [0.3, 0.4) is 0 Å². The molecule has 0 aromatic rings. The largest absolute Gasteiger partial charge is 0.462 e. The summed E-state index contributed by atoms with van der Waals surface area (Å²) in [6.07, 6.45) is 59.5. The molecule has 3 unspecified atom stereocenters. The smallest absolute Gasteiger partial charge is 0.306 e. The summed E-state index contributed by atoms with van der Waals surface area (Å²) in [7, 11) is 0. The predicted molar refractivity (Wildman–Crippen MR) is 273 cm³/mol. The molecule has 6 heteroatoms. The topological polar surface area (TPSA) is 95.9 Å². The van der Waals surface area contributed by atoms with Crippen molar-refractivity contribution in [2.24, 2.45) is 0 Å². The van der Waals surface area contributed by atoms with Gasteiger partial charge in [0.25, 0.3) is 0 Å². The van der Waals surface area contributed by atoms with Gasteiger partial charge in [0.05, 0.1) is 25.2 Å². The van der Waals surface area contributed by atoms with Crippen molar-refractivity contribution in [1.82, 2.24) is 5.32 Å². The maximum atomic E-state index is 13.2. The molecule has 0 radical (unpaired) electrons. The van der Waals surface area contributed by atoms with Crippen LogP contribution in [0.2, 0.25) is 0 Å². The van der Waals surface area contributed by atoms with Gasteiger partial charge in [-0.15, -0.1) is 0 Å². The van der Waals surface area contributed by atoms with E-state index in [-0.39, 0.29) is 24.9 Å². The van der Waals surface area contributed by atoms with Crippen LogP contribution in [0.5, 0.6) is 0 Å². The van der Waals surface area contributed by atoms with Gasteiger partial charge in [-0.1, -0.05) is 238 Å². The number of carbonyl (C=O) groups is 2. The van der Waals surface area contributed by atoms with E-state index in [2.05, 4.69) is 50.4 Å². The summed E-state index contributed by atoms with van der Waals surface area (Å²) in [6.45, 7) is 6.50. The van der Waals surface area contributed by atoms with Crippen molar-refractivity contribution in [2.45, 2.75) is 322 Å². The highest BCUT2D eigenvalue weighted by atomic mass is 16.5. The van der Waals surface area contributed by atoms with Gasteiger partial charge in [-0.05, 0) is 77.0 Å². The number of ether oxygens (including phenoxy) is 1. The molecule has 0 saturated heterocycles. The molecule has 0 aliphatic carbocycles. The van der Waals surface area contributed by atoms with Crippen LogP contribution in [0.15, 0.2) is 24.3 Å². The molecule has 3 atom stereocenters. The molecule has 372 valence electrons. The quantitative estimate of drug-likeness (QED) is 0.0321. The molecule has 0 aliphatic rings. The minimum absolute atomic E-state index is 0.0681.